The maximum absolute atomic E-state index is 12.6. The Balaban J connectivity index is 1.34. The van der Waals surface area contributed by atoms with Crippen LogP contribution in [0.2, 0.25) is 0 Å². The highest BCUT2D eigenvalue weighted by atomic mass is 32.2. The summed E-state index contributed by atoms with van der Waals surface area (Å²) in [5.74, 6) is 0.180. The van der Waals surface area contributed by atoms with Crippen LogP contribution in [0.1, 0.15) is 20.7 Å². The van der Waals surface area contributed by atoms with Gasteiger partial charge >= 0.3 is 5.97 Å². The van der Waals surface area contributed by atoms with Gasteiger partial charge in [-0.1, -0.05) is 23.9 Å². The summed E-state index contributed by atoms with van der Waals surface area (Å²) in [7, 11) is 1.46. The summed E-state index contributed by atoms with van der Waals surface area (Å²) in [6.07, 6.45) is 1.51. The molecule has 0 spiro atoms. The number of methoxy groups -OCH3 is 1. The Kier molecular flexibility index (Phi) is 7.28. The molecule has 0 saturated carbocycles. The number of hydrogen-bond donors (Lipinski definition) is 1. The summed E-state index contributed by atoms with van der Waals surface area (Å²) < 4.78 is 20.9. The van der Waals surface area contributed by atoms with Crippen LogP contribution in [0.3, 0.4) is 0 Å². The zero-order valence-electron chi connectivity index (χ0n) is 18.1. The Labute approximate surface area is 199 Å². The average molecular weight is 480 g/mol. The second-order valence-electron chi connectivity index (χ2n) is 6.96. The van der Waals surface area contributed by atoms with Gasteiger partial charge in [0, 0.05) is 18.0 Å². The number of amides is 1. The fraction of sp³-hybridized carbons (Fsp3) is 0.167. The molecular weight excluding hydrogens is 460 g/mol. The lowest BCUT2D eigenvalue weighted by Gasteiger charge is -2.10. The number of rotatable bonds is 9. The third kappa shape index (κ3) is 5.46. The molecule has 0 radical (unpaired) electrons. The van der Waals surface area contributed by atoms with E-state index in [2.05, 4.69) is 10.3 Å². The first-order valence-electron chi connectivity index (χ1n) is 10.2. The summed E-state index contributed by atoms with van der Waals surface area (Å²) in [6.45, 7) is -0.311. The number of nitrogens with one attached hydrogen (secondary N) is 1. The molecular formula is C24H20N2O7S. The molecule has 0 bridgehead atoms. The van der Waals surface area contributed by atoms with Gasteiger partial charge in [-0.05, 0) is 36.4 Å². The number of para-hydroxylation sites is 1. The van der Waals surface area contributed by atoms with E-state index in [9.17, 15) is 14.4 Å². The van der Waals surface area contributed by atoms with E-state index in [0.717, 1.165) is 11.8 Å². The van der Waals surface area contributed by atoms with Crippen LogP contribution in [0.5, 0.6) is 17.2 Å². The number of carbonyl (C=O) groups is 3. The van der Waals surface area contributed by atoms with Gasteiger partial charge in [-0.25, -0.2) is 9.78 Å². The number of Topliss-reactive ketones (excluding diaryl/α,β-unsaturated/α-hetero) is 1. The van der Waals surface area contributed by atoms with Gasteiger partial charge in [0.25, 0.3) is 0 Å². The molecule has 1 amide bonds. The molecule has 1 N–H and O–H groups in total. The van der Waals surface area contributed by atoms with Gasteiger partial charge in [-0.15, -0.1) is 0 Å². The van der Waals surface area contributed by atoms with E-state index in [1.165, 1.54) is 19.4 Å². The van der Waals surface area contributed by atoms with Crippen molar-refractivity contribution in [1.82, 2.24) is 4.98 Å². The fourth-order valence-electron chi connectivity index (χ4n) is 3.13. The van der Waals surface area contributed by atoms with Gasteiger partial charge in [0.2, 0.25) is 18.5 Å². The van der Waals surface area contributed by atoms with Crippen molar-refractivity contribution in [2.45, 2.75) is 5.03 Å². The number of fused-ring (bicyclic) bond motifs is 1. The molecule has 10 heteroatoms. The van der Waals surface area contributed by atoms with Crippen LogP contribution in [0.25, 0.3) is 0 Å². The molecule has 34 heavy (non-hydrogen) atoms. The summed E-state index contributed by atoms with van der Waals surface area (Å²) >= 11 is 1.08. The second kappa shape index (κ2) is 10.7. The number of aromatic nitrogens is 1. The van der Waals surface area contributed by atoms with Crippen LogP contribution in [0, 0.1) is 0 Å². The van der Waals surface area contributed by atoms with Crippen molar-refractivity contribution in [3.8, 4) is 17.2 Å². The predicted octanol–water partition coefficient (Wildman–Crippen LogP) is 3.59. The summed E-state index contributed by atoms with van der Waals surface area (Å²) in [6, 6.07) is 14.9. The van der Waals surface area contributed by atoms with Crippen LogP contribution >= 0.6 is 11.8 Å². The smallest absolute Gasteiger partial charge is 0.341 e. The SMILES string of the molecule is COc1ccccc1C(=O)COC(=O)c1cccnc1SCC(=O)Nc1ccc2c(c1)OCO2. The molecule has 0 saturated heterocycles. The van der Waals surface area contributed by atoms with Gasteiger partial charge in [0.15, 0.2) is 18.1 Å². The highest BCUT2D eigenvalue weighted by Gasteiger charge is 2.19. The van der Waals surface area contributed by atoms with Crippen molar-refractivity contribution in [2.24, 2.45) is 0 Å². The van der Waals surface area contributed by atoms with Crippen LogP contribution in [0.4, 0.5) is 5.69 Å². The van der Waals surface area contributed by atoms with E-state index < -0.39 is 18.4 Å². The van der Waals surface area contributed by atoms with Crippen molar-refractivity contribution in [2.75, 3.05) is 31.6 Å². The van der Waals surface area contributed by atoms with Crippen molar-refractivity contribution in [3.63, 3.8) is 0 Å². The number of anilines is 1. The second-order valence-corrected chi connectivity index (χ2v) is 7.92. The van der Waals surface area contributed by atoms with Gasteiger partial charge in [0.1, 0.15) is 10.8 Å². The van der Waals surface area contributed by atoms with Gasteiger partial charge < -0.3 is 24.3 Å². The van der Waals surface area contributed by atoms with Crippen molar-refractivity contribution in [1.29, 1.82) is 0 Å². The number of carbonyl (C=O) groups excluding carboxylic acids is 3. The molecule has 174 valence electrons. The number of hydrogen-bond acceptors (Lipinski definition) is 9. The minimum atomic E-state index is -0.713. The van der Waals surface area contributed by atoms with E-state index in [1.54, 1.807) is 48.5 Å². The highest BCUT2D eigenvalue weighted by Crippen LogP contribution is 2.34. The standard InChI is InChI=1S/C24H20N2O7S/c1-30-19-7-3-2-5-16(19)18(27)12-31-24(29)17-6-4-10-25-23(17)34-13-22(28)26-15-8-9-20-21(11-15)33-14-32-20/h2-11H,12-14H2,1H3,(H,26,28). The molecule has 3 aromatic rings. The molecule has 0 atom stereocenters. The monoisotopic (exact) mass is 480 g/mol. The topological polar surface area (TPSA) is 113 Å². The number of esters is 1. The first kappa shape index (κ1) is 23.1. The summed E-state index contributed by atoms with van der Waals surface area (Å²) in [5.41, 5.74) is 1.04. The maximum atomic E-state index is 12.6. The molecule has 1 aromatic heterocycles. The molecule has 1 aliphatic rings. The quantitative estimate of drug-likeness (QED) is 0.279. The zero-order valence-corrected chi connectivity index (χ0v) is 18.9. The number of ether oxygens (including phenoxy) is 4. The third-order valence-electron chi connectivity index (χ3n) is 4.73. The number of ketones is 1. The van der Waals surface area contributed by atoms with Gasteiger partial charge in [-0.2, -0.15) is 0 Å². The minimum absolute atomic E-state index is 0.00583. The van der Waals surface area contributed by atoms with Gasteiger partial charge in [0.05, 0.1) is 24.0 Å². The molecule has 2 heterocycles. The molecule has 1 aliphatic heterocycles. The molecule has 0 aliphatic carbocycles. The molecule has 0 unspecified atom stereocenters. The summed E-state index contributed by atoms with van der Waals surface area (Å²) in [5, 5.41) is 3.08. The predicted molar refractivity (Wildman–Crippen MR) is 124 cm³/mol. The molecule has 0 fully saturated rings. The van der Waals surface area contributed by atoms with E-state index in [-0.39, 0.29) is 24.0 Å². The zero-order chi connectivity index (χ0) is 23.9. The molecule has 9 nitrogen and oxygen atoms in total. The van der Waals surface area contributed by atoms with Gasteiger partial charge in [-0.3, -0.25) is 9.59 Å². The average Bonchev–Trinajstić information content (AvgIpc) is 3.34. The normalized spacial score (nSPS) is 11.6. The Morgan fingerprint density at radius 2 is 1.82 bits per heavy atom. The lowest BCUT2D eigenvalue weighted by atomic mass is 10.1. The van der Waals surface area contributed by atoms with Crippen molar-refractivity contribution in [3.05, 3.63) is 71.9 Å². The minimum Gasteiger partial charge on any atom is -0.496 e. The molecule has 2 aromatic carbocycles. The van der Waals surface area contributed by atoms with E-state index in [4.69, 9.17) is 18.9 Å². The van der Waals surface area contributed by atoms with Crippen LogP contribution in [0.15, 0.2) is 65.8 Å². The van der Waals surface area contributed by atoms with E-state index >= 15 is 0 Å². The largest absolute Gasteiger partial charge is 0.496 e. The number of benzene rings is 2. The van der Waals surface area contributed by atoms with Crippen LogP contribution < -0.4 is 19.5 Å². The Bertz CT molecular complexity index is 1230. The Morgan fingerprint density at radius 1 is 1.03 bits per heavy atom. The van der Waals surface area contributed by atoms with Crippen LogP contribution in [-0.2, 0) is 9.53 Å². The highest BCUT2D eigenvalue weighted by molar-refractivity contribution is 8.00. The van der Waals surface area contributed by atoms with E-state index in [1.807, 2.05) is 0 Å². The van der Waals surface area contributed by atoms with Crippen LogP contribution in [-0.4, -0.2) is 48.9 Å². The summed E-state index contributed by atoms with van der Waals surface area (Å²) in [4.78, 5) is 41.6. The number of nitrogens with zero attached hydrogens (tertiary/aromatic N) is 1. The Morgan fingerprint density at radius 3 is 2.68 bits per heavy atom. The maximum Gasteiger partial charge on any atom is 0.341 e. The lowest BCUT2D eigenvalue weighted by Crippen LogP contribution is -2.17. The van der Waals surface area contributed by atoms with Crippen molar-refractivity contribution >= 4 is 35.1 Å². The number of pyridine rings is 1. The van der Waals surface area contributed by atoms with Crippen molar-refractivity contribution < 1.29 is 33.3 Å². The Hall–Kier alpha value is -4.05. The lowest BCUT2D eigenvalue weighted by molar-refractivity contribution is -0.113. The third-order valence-corrected chi connectivity index (χ3v) is 5.73. The number of thioether (sulfide) groups is 1. The molecule has 4 rings (SSSR count). The fourth-order valence-corrected chi connectivity index (χ4v) is 3.91. The first-order valence-corrected chi connectivity index (χ1v) is 11.1. The van der Waals surface area contributed by atoms with E-state index in [0.29, 0.717) is 33.5 Å². The first-order chi connectivity index (χ1) is 16.5.